The van der Waals surface area contributed by atoms with Crippen molar-refractivity contribution in [3.8, 4) is 0 Å². The third kappa shape index (κ3) is 3.44. The first-order chi connectivity index (χ1) is 7.95. The average Bonchev–Trinajstić information content (AvgIpc) is 3.06. The van der Waals surface area contributed by atoms with Crippen LogP contribution >= 0.6 is 0 Å². The Morgan fingerprint density at radius 3 is 2.53 bits per heavy atom. The lowest BCUT2D eigenvalue weighted by atomic mass is 9.94. The third-order valence-electron chi connectivity index (χ3n) is 4.70. The van der Waals surface area contributed by atoms with Crippen LogP contribution in [-0.4, -0.2) is 32.5 Å². The molecule has 1 N–H and O–H groups in total. The molecule has 3 nitrogen and oxygen atoms in total. The van der Waals surface area contributed by atoms with Crippen molar-refractivity contribution < 1.29 is 8.42 Å². The highest BCUT2D eigenvalue weighted by atomic mass is 32.2. The van der Waals surface area contributed by atoms with Gasteiger partial charge in [-0.1, -0.05) is 13.3 Å². The molecule has 0 bridgehead atoms. The molecular formula is C13H25NO2S. The molecule has 0 saturated heterocycles. The standard InChI is InChI=1S/C13H25NO2S/c1-3-13(7-8-13)10-14-11-5-4-6-12(9-11)17(2,15)16/h11-12,14H,3-10H2,1-2H3. The maximum absolute atomic E-state index is 11.6. The largest absolute Gasteiger partial charge is 0.313 e. The van der Waals surface area contributed by atoms with Crippen molar-refractivity contribution in [3.63, 3.8) is 0 Å². The molecule has 2 atom stereocenters. The molecule has 2 fully saturated rings. The van der Waals surface area contributed by atoms with Gasteiger partial charge in [0.15, 0.2) is 0 Å². The minimum absolute atomic E-state index is 0.106. The second-order valence-electron chi connectivity index (χ2n) is 6.05. The molecule has 2 aliphatic rings. The second kappa shape index (κ2) is 4.88. The zero-order valence-electron chi connectivity index (χ0n) is 11.0. The Bertz CT molecular complexity index is 360. The minimum Gasteiger partial charge on any atom is -0.313 e. The van der Waals surface area contributed by atoms with Gasteiger partial charge in [-0.3, -0.25) is 0 Å². The lowest BCUT2D eigenvalue weighted by Gasteiger charge is -2.30. The van der Waals surface area contributed by atoms with Crippen molar-refractivity contribution in [3.05, 3.63) is 0 Å². The zero-order valence-corrected chi connectivity index (χ0v) is 11.9. The Kier molecular flexibility index (Phi) is 3.83. The Morgan fingerprint density at radius 1 is 1.29 bits per heavy atom. The number of nitrogens with one attached hydrogen (secondary N) is 1. The SMILES string of the molecule is CCC1(CNC2CCCC(S(C)(=O)=O)C2)CC1. The van der Waals surface area contributed by atoms with Gasteiger partial charge in [-0.2, -0.15) is 0 Å². The fourth-order valence-electron chi connectivity index (χ4n) is 2.91. The van der Waals surface area contributed by atoms with E-state index < -0.39 is 9.84 Å². The molecule has 2 saturated carbocycles. The van der Waals surface area contributed by atoms with Gasteiger partial charge in [0.2, 0.25) is 0 Å². The van der Waals surface area contributed by atoms with Gasteiger partial charge < -0.3 is 5.32 Å². The normalized spacial score (nSPS) is 32.4. The quantitative estimate of drug-likeness (QED) is 0.822. The molecule has 100 valence electrons. The lowest BCUT2D eigenvalue weighted by molar-refractivity contribution is 0.334. The molecule has 0 heterocycles. The number of hydrogen-bond donors (Lipinski definition) is 1. The Morgan fingerprint density at radius 2 is 2.00 bits per heavy atom. The van der Waals surface area contributed by atoms with Crippen molar-refractivity contribution in [2.24, 2.45) is 5.41 Å². The van der Waals surface area contributed by atoms with Gasteiger partial charge in [-0.05, 0) is 43.9 Å². The summed E-state index contributed by atoms with van der Waals surface area (Å²) in [5, 5.41) is 3.51. The van der Waals surface area contributed by atoms with Gasteiger partial charge in [0.1, 0.15) is 9.84 Å². The average molecular weight is 259 g/mol. The van der Waals surface area contributed by atoms with Crippen LogP contribution in [-0.2, 0) is 9.84 Å². The van der Waals surface area contributed by atoms with Crippen LogP contribution in [0.1, 0.15) is 51.9 Å². The van der Waals surface area contributed by atoms with Crippen LogP contribution in [0.5, 0.6) is 0 Å². The summed E-state index contributed by atoms with van der Waals surface area (Å²) in [5.41, 5.74) is 0.554. The predicted octanol–water partition coefficient (Wildman–Crippen LogP) is 2.12. The summed E-state index contributed by atoms with van der Waals surface area (Å²) in [6.45, 7) is 3.35. The van der Waals surface area contributed by atoms with E-state index in [4.69, 9.17) is 0 Å². The maximum atomic E-state index is 11.6. The monoisotopic (exact) mass is 259 g/mol. The van der Waals surface area contributed by atoms with Gasteiger partial charge in [-0.25, -0.2) is 8.42 Å². The second-order valence-corrected chi connectivity index (χ2v) is 8.38. The molecule has 0 spiro atoms. The number of rotatable bonds is 5. The minimum atomic E-state index is -2.84. The molecule has 0 aromatic heterocycles. The number of hydrogen-bond acceptors (Lipinski definition) is 3. The van der Waals surface area contributed by atoms with Crippen LogP contribution in [0.3, 0.4) is 0 Å². The smallest absolute Gasteiger partial charge is 0.150 e. The molecule has 2 aliphatic carbocycles. The first-order valence-electron chi connectivity index (χ1n) is 6.87. The van der Waals surface area contributed by atoms with Gasteiger partial charge in [0.25, 0.3) is 0 Å². The topological polar surface area (TPSA) is 46.2 Å². The van der Waals surface area contributed by atoms with E-state index in [0.717, 1.165) is 32.2 Å². The van der Waals surface area contributed by atoms with Crippen molar-refractivity contribution in [1.82, 2.24) is 5.32 Å². The van der Waals surface area contributed by atoms with Gasteiger partial charge >= 0.3 is 0 Å². The summed E-state index contributed by atoms with van der Waals surface area (Å²) in [5.74, 6) is 0. The van der Waals surface area contributed by atoms with E-state index in [-0.39, 0.29) is 5.25 Å². The van der Waals surface area contributed by atoms with Crippen molar-refractivity contribution in [2.75, 3.05) is 12.8 Å². The first-order valence-corrected chi connectivity index (χ1v) is 8.83. The highest BCUT2D eigenvalue weighted by Gasteiger charge is 2.41. The van der Waals surface area contributed by atoms with Crippen LogP contribution in [0.25, 0.3) is 0 Å². The third-order valence-corrected chi connectivity index (χ3v) is 6.34. The molecule has 4 heteroatoms. The fraction of sp³-hybridized carbons (Fsp3) is 1.00. The van der Waals surface area contributed by atoms with E-state index in [1.807, 2.05) is 0 Å². The van der Waals surface area contributed by atoms with E-state index in [9.17, 15) is 8.42 Å². The molecule has 0 aliphatic heterocycles. The molecule has 0 aromatic rings. The van der Waals surface area contributed by atoms with E-state index in [2.05, 4.69) is 12.2 Å². The molecule has 2 unspecified atom stereocenters. The molecule has 17 heavy (non-hydrogen) atoms. The maximum Gasteiger partial charge on any atom is 0.150 e. The van der Waals surface area contributed by atoms with Crippen LogP contribution < -0.4 is 5.32 Å². The lowest BCUT2D eigenvalue weighted by Crippen LogP contribution is -2.41. The molecule has 0 radical (unpaired) electrons. The van der Waals surface area contributed by atoms with Crippen molar-refractivity contribution in [1.29, 1.82) is 0 Å². The van der Waals surface area contributed by atoms with Gasteiger partial charge in [-0.15, -0.1) is 0 Å². The van der Waals surface area contributed by atoms with Crippen LogP contribution in [0.4, 0.5) is 0 Å². The highest BCUT2D eigenvalue weighted by molar-refractivity contribution is 7.91. The molecule has 0 aromatic carbocycles. The van der Waals surface area contributed by atoms with Crippen LogP contribution in [0, 0.1) is 5.41 Å². The summed E-state index contributed by atoms with van der Waals surface area (Å²) in [7, 11) is -2.84. The number of sulfone groups is 1. The van der Waals surface area contributed by atoms with Gasteiger partial charge in [0, 0.05) is 18.8 Å². The van der Waals surface area contributed by atoms with Crippen molar-refractivity contribution in [2.45, 2.75) is 63.2 Å². The van der Waals surface area contributed by atoms with Crippen LogP contribution in [0.2, 0.25) is 0 Å². The van der Waals surface area contributed by atoms with Gasteiger partial charge in [0.05, 0.1) is 5.25 Å². The first kappa shape index (κ1) is 13.3. The summed E-state index contributed by atoms with van der Waals surface area (Å²) >= 11 is 0. The van der Waals surface area contributed by atoms with E-state index >= 15 is 0 Å². The summed E-state index contributed by atoms with van der Waals surface area (Å²) in [6.07, 6.45) is 9.20. The summed E-state index contributed by atoms with van der Waals surface area (Å²) in [6, 6.07) is 0.424. The zero-order chi connectivity index (χ0) is 12.5. The Labute approximate surface area is 105 Å². The molecule has 0 amide bonds. The Hall–Kier alpha value is -0.0900. The Balaban J connectivity index is 1.82. The summed E-state index contributed by atoms with van der Waals surface area (Å²) in [4.78, 5) is 0. The van der Waals surface area contributed by atoms with E-state index in [1.54, 1.807) is 0 Å². The highest BCUT2D eigenvalue weighted by Crippen LogP contribution is 2.48. The summed E-state index contributed by atoms with van der Waals surface area (Å²) < 4.78 is 23.1. The van der Waals surface area contributed by atoms with E-state index in [0.29, 0.717) is 11.5 Å². The molecular weight excluding hydrogens is 234 g/mol. The fourth-order valence-corrected chi connectivity index (χ4v) is 4.09. The predicted molar refractivity (Wildman–Crippen MR) is 70.8 cm³/mol. The van der Waals surface area contributed by atoms with Crippen LogP contribution in [0.15, 0.2) is 0 Å². The van der Waals surface area contributed by atoms with E-state index in [1.165, 1.54) is 25.5 Å². The van der Waals surface area contributed by atoms with Crippen molar-refractivity contribution >= 4 is 9.84 Å². The molecule has 2 rings (SSSR count).